The Morgan fingerprint density at radius 1 is 1.44 bits per heavy atom. The molecule has 1 rings (SSSR count). The van der Waals surface area contributed by atoms with Gasteiger partial charge in [0.25, 0.3) is 0 Å². The number of nitrogens with one attached hydrogen (secondary N) is 1. The smallest absolute Gasteiger partial charge is 0.371 e. The van der Waals surface area contributed by atoms with E-state index in [4.69, 9.17) is 9.52 Å². The van der Waals surface area contributed by atoms with E-state index in [9.17, 15) is 9.90 Å². The predicted octanol–water partition coefficient (Wildman–Crippen LogP) is 2.18. The topological polar surface area (TPSA) is 82.7 Å². The third kappa shape index (κ3) is 3.11. The number of aliphatic hydroxyl groups is 1. The highest BCUT2D eigenvalue weighted by molar-refractivity contribution is 5.84. The molecule has 0 bridgehead atoms. The van der Waals surface area contributed by atoms with Gasteiger partial charge >= 0.3 is 5.97 Å². The molecule has 102 valence electrons. The molecule has 0 fully saturated rings. The predicted molar refractivity (Wildman–Crippen MR) is 67.6 cm³/mol. The molecule has 0 aliphatic rings. The molecule has 5 nitrogen and oxygen atoms in total. The second-order valence-electron chi connectivity index (χ2n) is 4.52. The van der Waals surface area contributed by atoms with Gasteiger partial charge in [0.2, 0.25) is 5.76 Å². The molecule has 0 radical (unpaired) electrons. The quantitative estimate of drug-likeness (QED) is 0.695. The maximum absolute atomic E-state index is 10.7. The number of aliphatic hydroxyl groups excluding tert-OH is 1. The van der Waals surface area contributed by atoms with Crippen LogP contribution in [0.25, 0.3) is 0 Å². The maximum atomic E-state index is 10.7. The number of hydrogen-bond acceptors (Lipinski definition) is 4. The Morgan fingerprint density at radius 3 is 2.44 bits per heavy atom. The molecule has 3 N–H and O–H groups in total. The Morgan fingerprint density at radius 2 is 2.06 bits per heavy atom. The van der Waals surface area contributed by atoms with Gasteiger partial charge < -0.3 is 14.6 Å². The van der Waals surface area contributed by atoms with Crippen LogP contribution in [0, 0.1) is 0 Å². The van der Waals surface area contributed by atoms with Crippen LogP contribution in [0.3, 0.4) is 0 Å². The van der Waals surface area contributed by atoms with Gasteiger partial charge in [-0.25, -0.2) is 4.79 Å². The van der Waals surface area contributed by atoms with Gasteiger partial charge in [-0.3, -0.25) is 5.32 Å². The minimum absolute atomic E-state index is 0.0385. The normalized spacial score (nSPS) is 13.6. The molecule has 1 aromatic heterocycles. The van der Waals surface area contributed by atoms with Crippen LogP contribution in [0.5, 0.6) is 0 Å². The molecule has 18 heavy (non-hydrogen) atoms. The van der Waals surface area contributed by atoms with Crippen LogP contribution >= 0.6 is 0 Å². The Balaban J connectivity index is 2.80. The van der Waals surface area contributed by atoms with Crippen LogP contribution in [0.4, 0.5) is 0 Å². The largest absolute Gasteiger partial charge is 0.475 e. The molecule has 1 unspecified atom stereocenters. The van der Waals surface area contributed by atoms with Gasteiger partial charge in [-0.2, -0.15) is 0 Å². The first-order valence-electron chi connectivity index (χ1n) is 6.19. The summed E-state index contributed by atoms with van der Waals surface area (Å²) in [5, 5.41) is 21.6. The number of carbonyl (C=O) groups is 1. The first kappa shape index (κ1) is 14.7. The van der Waals surface area contributed by atoms with Gasteiger partial charge in [0, 0.05) is 5.54 Å². The summed E-state index contributed by atoms with van der Waals surface area (Å²) in [5.74, 6) is -0.582. The number of carboxylic acids is 1. The number of aromatic carboxylic acids is 1. The fourth-order valence-electron chi connectivity index (χ4n) is 1.95. The molecule has 0 amide bonds. The fourth-order valence-corrected chi connectivity index (χ4v) is 1.95. The van der Waals surface area contributed by atoms with Crippen molar-refractivity contribution in [1.29, 1.82) is 0 Å². The number of rotatable bonds is 7. The third-order valence-electron chi connectivity index (χ3n) is 3.44. The lowest BCUT2D eigenvalue weighted by molar-refractivity contribution is 0.0657. The summed E-state index contributed by atoms with van der Waals surface area (Å²) in [6.45, 7) is 5.94. The molecule has 1 heterocycles. The molecule has 5 heteroatoms. The van der Waals surface area contributed by atoms with Gasteiger partial charge in [0.1, 0.15) is 5.76 Å². The van der Waals surface area contributed by atoms with Crippen molar-refractivity contribution in [2.24, 2.45) is 0 Å². The van der Waals surface area contributed by atoms with Crippen molar-refractivity contribution in [2.45, 2.75) is 45.2 Å². The Labute approximate surface area is 107 Å². The Hall–Kier alpha value is -1.33. The van der Waals surface area contributed by atoms with Gasteiger partial charge in [-0.1, -0.05) is 13.8 Å². The average Bonchev–Trinajstić information content (AvgIpc) is 2.86. The van der Waals surface area contributed by atoms with Crippen LogP contribution in [0.15, 0.2) is 16.5 Å². The number of carboxylic acid groups (broad SMARTS) is 1. The van der Waals surface area contributed by atoms with Crippen molar-refractivity contribution in [3.05, 3.63) is 23.7 Å². The zero-order valence-electron chi connectivity index (χ0n) is 11.1. The molecule has 0 aliphatic heterocycles. The fraction of sp³-hybridized carbons (Fsp3) is 0.615. The van der Waals surface area contributed by atoms with E-state index < -0.39 is 5.97 Å². The molecular weight excluding hydrogens is 234 g/mol. The van der Waals surface area contributed by atoms with E-state index in [-0.39, 0.29) is 23.9 Å². The van der Waals surface area contributed by atoms with E-state index in [0.29, 0.717) is 5.76 Å². The van der Waals surface area contributed by atoms with Crippen molar-refractivity contribution in [1.82, 2.24) is 5.32 Å². The summed E-state index contributed by atoms with van der Waals surface area (Å²) < 4.78 is 5.24. The van der Waals surface area contributed by atoms with Crippen LogP contribution in [0.1, 0.15) is 56.0 Å². The highest BCUT2D eigenvalue weighted by atomic mass is 16.4. The summed E-state index contributed by atoms with van der Waals surface area (Å²) in [6, 6.07) is 2.94. The standard InChI is InChI=1S/C13H21NO4/c1-4-13(5-2,8-15)14-9(3)10-6-7-11(18-10)12(16)17/h6-7,9,14-15H,4-5,8H2,1-3H3,(H,16,17). The van der Waals surface area contributed by atoms with Crippen molar-refractivity contribution in [3.8, 4) is 0 Å². The summed E-state index contributed by atoms with van der Waals surface area (Å²) >= 11 is 0. The van der Waals surface area contributed by atoms with Crippen molar-refractivity contribution < 1.29 is 19.4 Å². The summed E-state index contributed by atoms with van der Waals surface area (Å²) in [7, 11) is 0. The van der Waals surface area contributed by atoms with Gasteiger partial charge in [0.05, 0.1) is 12.6 Å². The number of hydrogen-bond donors (Lipinski definition) is 3. The lowest BCUT2D eigenvalue weighted by atomic mass is 9.92. The van der Waals surface area contributed by atoms with Gasteiger partial charge in [0.15, 0.2) is 0 Å². The molecule has 0 saturated heterocycles. The monoisotopic (exact) mass is 255 g/mol. The van der Waals surface area contributed by atoms with Gasteiger partial charge in [-0.15, -0.1) is 0 Å². The van der Waals surface area contributed by atoms with E-state index >= 15 is 0 Å². The molecule has 1 aromatic rings. The maximum Gasteiger partial charge on any atom is 0.371 e. The molecule has 1 atom stereocenters. The van der Waals surface area contributed by atoms with E-state index in [1.165, 1.54) is 6.07 Å². The number of furan rings is 1. The molecule has 0 saturated carbocycles. The van der Waals surface area contributed by atoms with Crippen LogP contribution in [-0.4, -0.2) is 28.3 Å². The van der Waals surface area contributed by atoms with E-state index in [2.05, 4.69) is 5.32 Å². The summed E-state index contributed by atoms with van der Waals surface area (Å²) in [4.78, 5) is 10.7. The third-order valence-corrected chi connectivity index (χ3v) is 3.44. The SMILES string of the molecule is CCC(CC)(CO)NC(C)c1ccc(C(=O)O)o1. The molecule has 0 aliphatic carbocycles. The van der Waals surface area contributed by atoms with E-state index in [1.54, 1.807) is 6.07 Å². The first-order chi connectivity index (χ1) is 8.48. The zero-order valence-corrected chi connectivity index (χ0v) is 11.1. The Bertz CT molecular complexity index is 387. The lowest BCUT2D eigenvalue weighted by Crippen LogP contribution is -2.48. The van der Waals surface area contributed by atoms with Crippen molar-refractivity contribution >= 4 is 5.97 Å². The summed E-state index contributed by atoms with van der Waals surface area (Å²) in [6.07, 6.45) is 1.58. The second-order valence-corrected chi connectivity index (χ2v) is 4.52. The van der Waals surface area contributed by atoms with Gasteiger partial charge in [-0.05, 0) is 31.9 Å². The van der Waals surface area contributed by atoms with Crippen LogP contribution < -0.4 is 5.32 Å². The minimum Gasteiger partial charge on any atom is -0.475 e. The first-order valence-corrected chi connectivity index (χ1v) is 6.19. The van der Waals surface area contributed by atoms with Crippen LogP contribution in [0.2, 0.25) is 0 Å². The van der Waals surface area contributed by atoms with Crippen molar-refractivity contribution in [2.75, 3.05) is 6.61 Å². The van der Waals surface area contributed by atoms with Crippen LogP contribution in [-0.2, 0) is 0 Å². The average molecular weight is 255 g/mol. The zero-order chi connectivity index (χ0) is 13.8. The lowest BCUT2D eigenvalue weighted by Gasteiger charge is -2.33. The molecule has 0 aromatic carbocycles. The van der Waals surface area contributed by atoms with E-state index in [0.717, 1.165) is 12.8 Å². The Kier molecular flexibility index (Phi) is 4.93. The highest BCUT2D eigenvalue weighted by Crippen LogP contribution is 2.23. The molecule has 0 spiro atoms. The molecular formula is C13H21NO4. The highest BCUT2D eigenvalue weighted by Gasteiger charge is 2.28. The van der Waals surface area contributed by atoms with E-state index in [1.807, 2.05) is 20.8 Å². The summed E-state index contributed by atoms with van der Waals surface area (Å²) in [5.41, 5.74) is -0.352. The van der Waals surface area contributed by atoms with Crippen molar-refractivity contribution in [3.63, 3.8) is 0 Å². The second kappa shape index (κ2) is 6.02. The minimum atomic E-state index is -1.08.